The van der Waals surface area contributed by atoms with Crippen molar-refractivity contribution in [1.82, 2.24) is 10.4 Å². The summed E-state index contributed by atoms with van der Waals surface area (Å²) in [7, 11) is 0. The van der Waals surface area contributed by atoms with E-state index in [0.717, 1.165) is 15.8 Å². The van der Waals surface area contributed by atoms with E-state index in [1.54, 1.807) is 18.0 Å². The quantitative estimate of drug-likeness (QED) is 0.504. The van der Waals surface area contributed by atoms with Gasteiger partial charge in [-0.1, -0.05) is 18.2 Å². The van der Waals surface area contributed by atoms with Crippen LogP contribution in [0.5, 0.6) is 0 Å². The third kappa shape index (κ3) is 3.55. The first-order valence-corrected chi connectivity index (χ1v) is 7.32. The summed E-state index contributed by atoms with van der Waals surface area (Å²) in [6, 6.07) is 12.2. The van der Waals surface area contributed by atoms with Gasteiger partial charge in [-0.3, -0.25) is 16.3 Å². The van der Waals surface area contributed by atoms with Gasteiger partial charge >= 0.3 is 0 Å². The summed E-state index contributed by atoms with van der Waals surface area (Å²) in [5.74, 6) is 6.46. The first-order valence-electron chi connectivity index (χ1n) is 5.54. The summed E-state index contributed by atoms with van der Waals surface area (Å²) in [6.07, 6.45) is 3.60. The average Bonchev–Trinajstić information content (AvgIpc) is 2.42. The molecule has 2 aromatic rings. The fraction of sp³-hybridized carbons (Fsp3) is 0.154. The lowest BCUT2D eigenvalue weighted by atomic mass is 10.1. The number of benzene rings is 1. The molecule has 0 saturated heterocycles. The number of hydrazine groups is 1. The monoisotopic (exact) mass is 323 g/mol. The highest BCUT2D eigenvalue weighted by Gasteiger charge is 2.10. The molecule has 0 aliphatic rings. The van der Waals surface area contributed by atoms with Crippen molar-refractivity contribution in [2.24, 2.45) is 5.84 Å². The number of thioether (sulfide) groups is 1. The van der Waals surface area contributed by atoms with Crippen molar-refractivity contribution in [1.29, 1.82) is 0 Å². The minimum Gasteiger partial charge on any atom is -0.271 e. The van der Waals surface area contributed by atoms with Gasteiger partial charge < -0.3 is 0 Å². The highest BCUT2D eigenvalue weighted by molar-refractivity contribution is 9.10. The van der Waals surface area contributed by atoms with Crippen LogP contribution in [-0.4, -0.2) is 10.7 Å². The van der Waals surface area contributed by atoms with Crippen LogP contribution in [0.4, 0.5) is 0 Å². The second-order valence-electron chi connectivity index (χ2n) is 3.75. The Kier molecular flexibility index (Phi) is 5.19. The summed E-state index contributed by atoms with van der Waals surface area (Å²) < 4.78 is 1.11. The molecule has 5 heteroatoms. The van der Waals surface area contributed by atoms with Gasteiger partial charge in [-0.2, -0.15) is 0 Å². The van der Waals surface area contributed by atoms with Crippen LogP contribution in [0.3, 0.4) is 0 Å². The van der Waals surface area contributed by atoms with E-state index in [4.69, 9.17) is 5.84 Å². The smallest absolute Gasteiger partial charge is 0.0569 e. The summed E-state index contributed by atoms with van der Waals surface area (Å²) in [6.45, 7) is 0. The van der Waals surface area contributed by atoms with Crippen LogP contribution in [0, 0.1) is 0 Å². The van der Waals surface area contributed by atoms with Gasteiger partial charge in [0.05, 0.1) is 6.04 Å². The third-order valence-corrected chi connectivity index (χ3v) is 4.65. The minimum atomic E-state index is 0.0933. The Morgan fingerprint density at radius 1 is 1.28 bits per heavy atom. The second kappa shape index (κ2) is 6.89. The van der Waals surface area contributed by atoms with E-state index >= 15 is 0 Å². The third-order valence-electron chi connectivity index (χ3n) is 2.53. The standard InChI is InChI=1S/C13H14BrN3S/c14-11-5-1-2-6-13(11)18-9-12(17-15)10-4-3-7-16-8-10/h1-8,12,17H,9,15H2. The van der Waals surface area contributed by atoms with Crippen molar-refractivity contribution in [3.8, 4) is 0 Å². The predicted molar refractivity (Wildman–Crippen MR) is 79.2 cm³/mol. The molecule has 0 bridgehead atoms. The first-order chi connectivity index (χ1) is 8.81. The van der Waals surface area contributed by atoms with Gasteiger partial charge in [0.1, 0.15) is 0 Å². The zero-order valence-corrected chi connectivity index (χ0v) is 12.1. The number of halogens is 1. The minimum absolute atomic E-state index is 0.0933. The lowest BCUT2D eigenvalue weighted by Gasteiger charge is -2.15. The molecule has 0 spiro atoms. The average molecular weight is 324 g/mol. The molecule has 1 heterocycles. The maximum atomic E-state index is 5.60. The van der Waals surface area contributed by atoms with Crippen molar-refractivity contribution in [3.05, 3.63) is 58.8 Å². The van der Waals surface area contributed by atoms with Crippen LogP contribution in [0.25, 0.3) is 0 Å². The number of hydrogen-bond acceptors (Lipinski definition) is 4. The molecule has 1 unspecified atom stereocenters. The van der Waals surface area contributed by atoms with Crippen LogP contribution < -0.4 is 11.3 Å². The Morgan fingerprint density at radius 2 is 2.11 bits per heavy atom. The zero-order chi connectivity index (χ0) is 12.8. The van der Waals surface area contributed by atoms with Gasteiger partial charge in [-0.15, -0.1) is 11.8 Å². The number of aromatic nitrogens is 1. The van der Waals surface area contributed by atoms with Gasteiger partial charge in [-0.25, -0.2) is 0 Å². The molecule has 1 atom stereocenters. The number of nitrogens with zero attached hydrogens (tertiary/aromatic N) is 1. The Morgan fingerprint density at radius 3 is 2.78 bits per heavy atom. The molecule has 3 nitrogen and oxygen atoms in total. The second-order valence-corrected chi connectivity index (χ2v) is 5.66. The molecule has 0 amide bonds. The molecular formula is C13H14BrN3S. The molecule has 1 aromatic carbocycles. The molecule has 1 aromatic heterocycles. The van der Waals surface area contributed by atoms with E-state index in [-0.39, 0.29) is 6.04 Å². The molecule has 2 rings (SSSR count). The normalized spacial score (nSPS) is 12.3. The molecule has 94 valence electrons. The Hall–Kier alpha value is -0.880. The lowest BCUT2D eigenvalue weighted by Crippen LogP contribution is -2.29. The number of pyridine rings is 1. The van der Waals surface area contributed by atoms with E-state index in [2.05, 4.69) is 32.4 Å². The van der Waals surface area contributed by atoms with Crippen molar-refractivity contribution in [2.75, 3.05) is 5.75 Å². The van der Waals surface area contributed by atoms with Crippen LogP contribution in [0.2, 0.25) is 0 Å². The van der Waals surface area contributed by atoms with Crippen LogP contribution >= 0.6 is 27.7 Å². The number of nitrogens with two attached hydrogens (primary N) is 1. The summed E-state index contributed by atoms with van der Waals surface area (Å²) in [4.78, 5) is 5.32. The van der Waals surface area contributed by atoms with Crippen molar-refractivity contribution >= 4 is 27.7 Å². The summed E-state index contributed by atoms with van der Waals surface area (Å²) in [5.41, 5.74) is 3.93. The maximum absolute atomic E-state index is 5.60. The van der Waals surface area contributed by atoms with E-state index in [9.17, 15) is 0 Å². The van der Waals surface area contributed by atoms with Gasteiger partial charge in [0.25, 0.3) is 0 Å². The zero-order valence-electron chi connectivity index (χ0n) is 9.71. The lowest BCUT2D eigenvalue weighted by molar-refractivity contribution is 0.608. The molecule has 0 aliphatic heterocycles. The predicted octanol–water partition coefficient (Wildman–Crippen LogP) is 3.14. The first kappa shape index (κ1) is 13.5. The van der Waals surface area contributed by atoms with Crippen LogP contribution in [0.15, 0.2) is 58.2 Å². The highest BCUT2D eigenvalue weighted by Crippen LogP contribution is 2.29. The number of nitrogens with one attached hydrogen (secondary N) is 1. The molecular weight excluding hydrogens is 310 g/mol. The molecule has 0 saturated carbocycles. The van der Waals surface area contributed by atoms with Gasteiger partial charge in [0.15, 0.2) is 0 Å². The van der Waals surface area contributed by atoms with E-state index in [1.807, 2.05) is 36.5 Å². The van der Waals surface area contributed by atoms with E-state index in [0.29, 0.717) is 0 Å². The van der Waals surface area contributed by atoms with Crippen molar-refractivity contribution in [3.63, 3.8) is 0 Å². The molecule has 3 N–H and O–H groups in total. The van der Waals surface area contributed by atoms with Gasteiger partial charge in [-0.05, 0) is 39.7 Å². The van der Waals surface area contributed by atoms with E-state index in [1.165, 1.54) is 4.90 Å². The summed E-state index contributed by atoms with van der Waals surface area (Å²) in [5, 5.41) is 0. The Labute approximate surface area is 119 Å². The number of hydrogen-bond donors (Lipinski definition) is 2. The Balaban J connectivity index is 2.02. The summed E-state index contributed by atoms with van der Waals surface area (Å²) >= 11 is 5.30. The largest absolute Gasteiger partial charge is 0.271 e. The van der Waals surface area contributed by atoms with Crippen LogP contribution in [-0.2, 0) is 0 Å². The highest BCUT2D eigenvalue weighted by atomic mass is 79.9. The van der Waals surface area contributed by atoms with Gasteiger partial charge in [0.2, 0.25) is 0 Å². The molecule has 0 fully saturated rings. The molecule has 0 aliphatic carbocycles. The van der Waals surface area contributed by atoms with Gasteiger partial charge in [0, 0.05) is 27.5 Å². The fourth-order valence-corrected chi connectivity index (χ4v) is 3.20. The Bertz CT molecular complexity index is 493. The molecule has 18 heavy (non-hydrogen) atoms. The fourth-order valence-electron chi connectivity index (χ4n) is 1.56. The number of rotatable bonds is 5. The van der Waals surface area contributed by atoms with Crippen molar-refractivity contribution in [2.45, 2.75) is 10.9 Å². The SMILES string of the molecule is NNC(CSc1ccccc1Br)c1cccnc1. The van der Waals surface area contributed by atoms with Crippen LogP contribution in [0.1, 0.15) is 11.6 Å². The van der Waals surface area contributed by atoms with E-state index < -0.39 is 0 Å². The molecule has 0 radical (unpaired) electrons. The topological polar surface area (TPSA) is 50.9 Å². The van der Waals surface area contributed by atoms with Crippen molar-refractivity contribution < 1.29 is 0 Å². The maximum Gasteiger partial charge on any atom is 0.0569 e.